The van der Waals surface area contributed by atoms with Crippen molar-refractivity contribution < 1.29 is 62.3 Å². The summed E-state index contributed by atoms with van der Waals surface area (Å²) < 4.78 is 24.2. The van der Waals surface area contributed by atoms with Crippen LogP contribution in [-0.4, -0.2) is 117 Å². The number of carbonyl (C=O) groups excluding carboxylic acids is 5. The van der Waals surface area contributed by atoms with Crippen molar-refractivity contribution in [1.29, 1.82) is 0 Å². The van der Waals surface area contributed by atoms with Gasteiger partial charge < -0.3 is 45.3 Å². The molecule has 25 heteroatoms. The van der Waals surface area contributed by atoms with Crippen LogP contribution in [0.4, 0.5) is 10.0 Å². The minimum absolute atomic E-state index is 0.00569. The molecule has 3 unspecified atom stereocenters. The van der Waals surface area contributed by atoms with Crippen molar-refractivity contribution in [3.63, 3.8) is 0 Å². The molecular weight excluding hydrogens is 787 g/mol. The number of carbonyl (C=O) groups is 7. The van der Waals surface area contributed by atoms with E-state index >= 15 is 0 Å². The number of nitrogens with one attached hydrogen (secondary N) is 4. The number of halogens is 1. The number of unbranched alkanes of at least 4 members (excludes halogenated alkanes) is 2. The number of hydrogen-bond acceptors (Lipinski definition) is 14. The third kappa shape index (κ3) is 18.9. The summed E-state index contributed by atoms with van der Waals surface area (Å²) >= 11 is 0. The van der Waals surface area contributed by atoms with Crippen LogP contribution in [0.2, 0.25) is 0 Å². The van der Waals surface area contributed by atoms with Crippen LogP contribution in [0.1, 0.15) is 76.9 Å². The number of carboxylic acid groups (broad SMARTS) is 2. The minimum Gasteiger partial charge on any atom is -0.481 e. The molecule has 0 spiro atoms. The summed E-state index contributed by atoms with van der Waals surface area (Å²) in [6.45, 7) is -0.0699. The Morgan fingerprint density at radius 3 is 2.46 bits per heavy atom. The van der Waals surface area contributed by atoms with Gasteiger partial charge in [-0.3, -0.25) is 38.7 Å². The monoisotopic (exact) mass is 833 g/mol. The van der Waals surface area contributed by atoms with Crippen LogP contribution in [-0.2, 0) is 42.8 Å². The number of aldehydes is 1. The number of aliphatic hydroxyl groups is 1. The summed E-state index contributed by atoms with van der Waals surface area (Å²) in [6.07, 6.45) is -0.468. The minimum atomic E-state index is -1.38. The highest BCUT2D eigenvalue weighted by Crippen LogP contribution is 2.39. The van der Waals surface area contributed by atoms with Gasteiger partial charge in [0.25, 0.3) is 0 Å². The molecule has 7 N–H and O–H groups in total. The Labute approximate surface area is 322 Å². The van der Waals surface area contributed by atoms with Crippen molar-refractivity contribution >= 4 is 64.6 Å². The van der Waals surface area contributed by atoms with Gasteiger partial charge in [0.05, 0.1) is 52.7 Å². The lowest BCUT2D eigenvalue weighted by Gasteiger charge is -2.18. The summed E-state index contributed by atoms with van der Waals surface area (Å²) in [5, 5.41) is 41.6. The van der Waals surface area contributed by atoms with Gasteiger partial charge in [-0.2, -0.15) is 4.98 Å². The molecule has 2 heterocycles. The Hall–Kier alpha value is -4.49. The summed E-state index contributed by atoms with van der Waals surface area (Å²) in [5.74, 6) is -4.82. The number of amides is 3. The lowest BCUT2D eigenvalue weighted by molar-refractivity contribution is -0.141. The quantitative estimate of drug-likeness (QED) is 0.0148. The Kier molecular flexibility index (Phi) is 22.5. The predicted molar refractivity (Wildman–Crippen MR) is 198 cm³/mol. The van der Waals surface area contributed by atoms with E-state index in [1.165, 1.54) is 12.3 Å². The average molecular weight is 834 g/mol. The maximum atomic E-state index is 12.6. The number of hydrogen-bond donors (Lipinski definition) is 7. The molecule has 1 aromatic heterocycles. The number of ketones is 1. The number of rotatable bonds is 29. The first kappa shape index (κ1) is 47.7. The first-order valence-corrected chi connectivity index (χ1v) is 20.2. The van der Waals surface area contributed by atoms with Gasteiger partial charge in [-0.1, -0.05) is 11.5 Å². The van der Waals surface area contributed by atoms with E-state index in [2.05, 4.69) is 36.3 Å². The number of anilines is 1. The largest absolute Gasteiger partial charge is 0.481 e. The van der Waals surface area contributed by atoms with Crippen molar-refractivity contribution in [2.75, 3.05) is 25.0 Å². The van der Waals surface area contributed by atoms with Crippen LogP contribution in [0.15, 0.2) is 22.2 Å². The van der Waals surface area contributed by atoms with E-state index < -0.39 is 87.4 Å². The van der Waals surface area contributed by atoms with Crippen molar-refractivity contribution in [2.45, 2.75) is 107 Å². The third-order valence-electron chi connectivity index (χ3n) is 8.18. The molecule has 1 saturated heterocycles. The SMILES string of the molecule is [N-]=[N+]=NC(CCC(=O)NCCCCCC(=O)CN[C@@H](CC(=O)O)C(=O)N[C@H](C=O)CC(=O)O)CCC(=O)Nc1ccn([C@H]2C[C@@H](O)[C@@H](COPPF)O2)c(=O)n1. The predicted octanol–water partition coefficient (Wildman–Crippen LogP) is 0.995. The molecule has 1 aromatic rings. The number of carboxylic acids is 2. The van der Waals surface area contributed by atoms with Crippen LogP contribution < -0.4 is 27.0 Å². The fourth-order valence-electron chi connectivity index (χ4n) is 5.32. The second kappa shape index (κ2) is 26.4. The number of azide groups is 1. The molecule has 1 aliphatic rings. The lowest BCUT2D eigenvalue weighted by atomic mass is 10.1. The fraction of sp³-hybridized carbons (Fsp3) is 0.645. The topological polar surface area (TPSA) is 330 Å². The molecule has 0 saturated carbocycles. The van der Waals surface area contributed by atoms with Gasteiger partial charge >= 0.3 is 17.6 Å². The van der Waals surface area contributed by atoms with E-state index in [-0.39, 0.29) is 84.0 Å². The van der Waals surface area contributed by atoms with Crippen molar-refractivity contribution in [1.82, 2.24) is 25.5 Å². The molecule has 0 bridgehead atoms. The van der Waals surface area contributed by atoms with E-state index in [0.29, 0.717) is 25.8 Å². The number of aliphatic hydroxyl groups excluding tert-OH is 1. The highest BCUT2D eigenvalue weighted by atomic mass is 32.0. The van der Waals surface area contributed by atoms with Gasteiger partial charge in [0.2, 0.25) is 17.7 Å². The van der Waals surface area contributed by atoms with Crippen LogP contribution >= 0.6 is 17.1 Å². The van der Waals surface area contributed by atoms with Crippen molar-refractivity contribution in [3.05, 3.63) is 33.2 Å². The third-order valence-corrected chi connectivity index (χ3v) is 9.23. The second-order valence-corrected chi connectivity index (χ2v) is 14.4. The van der Waals surface area contributed by atoms with Gasteiger partial charge in [-0.25, -0.2) is 8.99 Å². The Morgan fingerprint density at radius 1 is 1.11 bits per heavy atom. The Bertz CT molecular complexity index is 1620. The van der Waals surface area contributed by atoms with Gasteiger partial charge in [0, 0.05) is 49.4 Å². The molecule has 56 heavy (non-hydrogen) atoms. The number of Topliss-reactive ketones (excluding diaryl/α,β-unsaturated/α-hetero) is 1. The van der Waals surface area contributed by atoms with Crippen molar-refractivity contribution in [2.24, 2.45) is 5.11 Å². The zero-order valence-electron chi connectivity index (χ0n) is 30.1. The van der Waals surface area contributed by atoms with Gasteiger partial charge in [-0.05, 0) is 37.3 Å². The van der Waals surface area contributed by atoms with Crippen LogP contribution in [0.3, 0.4) is 0 Å². The van der Waals surface area contributed by atoms with Crippen LogP contribution in [0.25, 0.3) is 10.4 Å². The second-order valence-electron chi connectivity index (χ2n) is 12.5. The zero-order valence-corrected chi connectivity index (χ0v) is 32.1. The lowest BCUT2D eigenvalue weighted by Crippen LogP contribution is -2.50. The first-order chi connectivity index (χ1) is 26.8. The maximum Gasteiger partial charge on any atom is 0.351 e. The summed E-state index contributed by atoms with van der Waals surface area (Å²) in [4.78, 5) is 102. The number of aliphatic carboxylic acids is 2. The van der Waals surface area contributed by atoms with E-state index in [1.54, 1.807) is 0 Å². The van der Waals surface area contributed by atoms with Crippen LogP contribution in [0.5, 0.6) is 0 Å². The van der Waals surface area contributed by atoms with E-state index in [0.717, 1.165) is 4.57 Å². The van der Waals surface area contributed by atoms with E-state index in [4.69, 9.17) is 25.0 Å². The Morgan fingerprint density at radius 2 is 1.82 bits per heavy atom. The summed E-state index contributed by atoms with van der Waals surface area (Å²) in [5.41, 5.74) is 8.21. The summed E-state index contributed by atoms with van der Waals surface area (Å²) in [7, 11) is -1.24. The molecule has 0 radical (unpaired) electrons. The van der Waals surface area contributed by atoms with Gasteiger partial charge in [-0.15, -0.1) is 0 Å². The van der Waals surface area contributed by atoms with E-state index in [1.807, 2.05) is 0 Å². The molecule has 1 fully saturated rings. The zero-order chi connectivity index (χ0) is 41.5. The van der Waals surface area contributed by atoms with Gasteiger partial charge in [0.1, 0.15) is 38.8 Å². The maximum absolute atomic E-state index is 12.6. The molecule has 2 rings (SSSR count). The molecule has 1 aliphatic heterocycles. The molecule has 3 amide bonds. The molecule has 0 aromatic carbocycles. The Balaban J connectivity index is 1.67. The molecule has 22 nitrogen and oxygen atoms in total. The highest BCUT2D eigenvalue weighted by Gasteiger charge is 2.35. The number of aromatic nitrogens is 2. The molecular formula is C31H46FN9O13P2. The van der Waals surface area contributed by atoms with Crippen LogP contribution in [0, 0.1) is 0 Å². The fourth-order valence-corrected chi connectivity index (χ4v) is 6.04. The molecule has 8 atom stereocenters. The normalized spacial score (nSPS) is 18.2. The summed E-state index contributed by atoms with van der Waals surface area (Å²) in [6, 6.07) is -2.04. The number of nitrogens with zero attached hydrogens (tertiary/aromatic N) is 5. The molecule has 0 aliphatic carbocycles. The van der Waals surface area contributed by atoms with Gasteiger partial charge in [0.15, 0.2) is 0 Å². The average Bonchev–Trinajstić information content (AvgIpc) is 3.51. The smallest absolute Gasteiger partial charge is 0.351 e. The number of ether oxygens (including phenoxy) is 1. The van der Waals surface area contributed by atoms with Crippen molar-refractivity contribution in [3.8, 4) is 0 Å². The standard InChI is InChI=1S/C31H46FN9O13P2/c32-55-56-53-17-23-22(44)14-27(54-23)41-11-9-24(38-31(41)52)37-26(46)8-6-18(39-40-33)5-7-25(45)34-10-3-1-2-4-20(43)15-35-21(13-29(49)50)30(51)36-19(16-42)12-28(47)48/h9,11,16,18-19,21-23,27,35,44,55-56H,1-8,10,12-15,17H2,(H,34,45)(H,36,51)(H,47,48)(H,49,50)(H,37,38,46,52)/t18?,19-,21-,22+,23+,27+/m0/s1. The highest BCUT2D eigenvalue weighted by molar-refractivity contribution is 8.07. The first-order valence-electron chi connectivity index (χ1n) is 17.5. The van der Waals surface area contributed by atoms with E-state index in [9.17, 15) is 47.7 Å². The molecule has 310 valence electrons.